The summed E-state index contributed by atoms with van der Waals surface area (Å²) >= 11 is 0. The first kappa shape index (κ1) is 29.8. The number of benzene rings is 2. The van der Waals surface area contributed by atoms with Crippen molar-refractivity contribution in [2.75, 3.05) is 17.4 Å². The number of aliphatic hydroxyl groups is 1. The van der Waals surface area contributed by atoms with Crippen LogP contribution in [0, 0.1) is 0 Å². The highest BCUT2D eigenvalue weighted by atomic mass is 32.2. The molecule has 0 saturated heterocycles. The van der Waals surface area contributed by atoms with Crippen molar-refractivity contribution in [3.8, 4) is 5.75 Å². The Balaban J connectivity index is 1.49. The standard InChI is InChI=1S/C29H42N4O5SSi/c1-40(2,3)19-18-32-28(34)21-33(39(32,36)37)26-15-14-23(20-27(26)38-22-24-10-6-4-7-11-24)16-17-30-29(35)31-25-12-8-5-9-13-25/h4,6-7,10-11,14-15,20-21,25,34H,5,8-9,12-13,16-19,22H2,1-3H3,(H2,30,31,35). The van der Waals surface area contributed by atoms with E-state index in [1.807, 2.05) is 42.5 Å². The van der Waals surface area contributed by atoms with Gasteiger partial charge in [-0.05, 0) is 48.6 Å². The Morgan fingerprint density at radius 3 is 2.48 bits per heavy atom. The van der Waals surface area contributed by atoms with Gasteiger partial charge in [0.05, 0.1) is 6.20 Å². The van der Waals surface area contributed by atoms with Gasteiger partial charge in [0.25, 0.3) is 0 Å². The average Bonchev–Trinajstić information content (AvgIpc) is 3.14. The van der Waals surface area contributed by atoms with Crippen LogP contribution in [0.2, 0.25) is 25.7 Å². The van der Waals surface area contributed by atoms with Crippen LogP contribution in [0.3, 0.4) is 0 Å². The lowest BCUT2D eigenvalue weighted by Crippen LogP contribution is -2.43. The molecule has 1 saturated carbocycles. The summed E-state index contributed by atoms with van der Waals surface area (Å²) in [6.07, 6.45) is 7.37. The van der Waals surface area contributed by atoms with Gasteiger partial charge < -0.3 is 20.5 Å². The Bertz CT molecular complexity index is 1290. The number of hydrogen-bond acceptors (Lipinski definition) is 5. The second-order valence-electron chi connectivity index (χ2n) is 11.7. The third-order valence-electron chi connectivity index (χ3n) is 7.22. The zero-order valence-electron chi connectivity index (χ0n) is 23.7. The minimum absolute atomic E-state index is 0.161. The molecule has 4 rings (SSSR count). The van der Waals surface area contributed by atoms with Crippen LogP contribution in [-0.4, -0.2) is 51.1 Å². The summed E-state index contributed by atoms with van der Waals surface area (Å²) in [5.41, 5.74) is 2.16. The maximum Gasteiger partial charge on any atom is 0.332 e. The molecule has 2 aliphatic rings. The lowest BCUT2D eigenvalue weighted by Gasteiger charge is -2.25. The number of hydrogen-bond donors (Lipinski definition) is 3. The van der Waals surface area contributed by atoms with Gasteiger partial charge in [-0.15, -0.1) is 0 Å². The molecule has 2 aromatic rings. The normalized spacial score (nSPS) is 17.4. The molecule has 0 unspecified atom stereocenters. The summed E-state index contributed by atoms with van der Waals surface area (Å²) in [6, 6.07) is 15.8. The zero-order chi connectivity index (χ0) is 28.8. The van der Waals surface area contributed by atoms with Gasteiger partial charge in [-0.25, -0.2) is 13.4 Å². The number of urea groups is 1. The van der Waals surface area contributed by atoms with E-state index in [-0.39, 0.29) is 31.1 Å². The number of amides is 2. The number of anilines is 1. The highest BCUT2D eigenvalue weighted by Gasteiger charge is 2.39. The lowest BCUT2D eigenvalue weighted by atomic mass is 9.96. The zero-order valence-corrected chi connectivity index (χ0v) is 25.5. The van der Waals surface area contributed by atoms with E-state index in [1.165, 1.54) is 12.6 Å². The second kappa shape index (κ2) is 13.0. The summed E-state index contributed by atoms with van der Waals surface area (Å²) in [5.74, 6) is 0.0807. The summed E-state index contributed by atoms with van der Waals surface area (Å²) in [5, 5.41) is 16.6. The van der Waals surface area contributed by atoms with Crippen molar-refractivity contribution >= 4 is 30.0 Å². The van der Waals surface area contributed by atoms with Gasteiger partial charge in [-0.2, -0.15) is 8.42 Å². The monoisotopic (exact) mass is 586 g/mol. The Hall–Kier alpha value is -3.18. The molecule has 0 aromatic heterocycles. The van der Waals surface area contributed by atoms with Gasteiger partial charge in [-0.1, -0.05) is 75.3 Å². The summed E-state index contributed by atoms with van der Waals surface area (Å²) < 4.78 is 35.3. The predicted octanol–water partition coefficient (Wildman–Crippen LogP) is 5.50. The van der Waals surface area contributed by atoms with E-state index in [2.05, 4.69) is 30.3 Å². The molecule has 1 heterocycles. The first-order valence-electron chi connectivity index (χ1n) is 14.1. The summed E-state index contributed by atoms with van der Waals surface area (Å²) in [4.78, 5) is 12.4. The molecule has 218 valence electrons. The van der Waals surface area contributed by atoms with Gasteiger partial charge in [0.2, 0.25) is 5.88 Å². The van der Waals surface area contributed by atoms with Crippen molar-refractivity contribution in [1.29, 1.82) is 0 Å². The van der Waals surface area contributed by atoms with Crippen LogP contribution in [0.25, 0.3) is 0 Å². The molecule has 1 fully saturated rings. The van der Waals surface area contributed by atoms with E-state index in [4.69, 9.17) is 4.74 Å². The van der Waals surface area contributed by atoms with Gasteiger partial charge in [0.15, 0.2) is 0 Å². The molecule has 1 aliphatic heterocycles. The van der Waals surface area contributed by atoms with Gasteiger partial charge in [-0.3, -0.25) is 0 Å². The molecular formula is C29H42N4O5SSi. The van der Waals surface area contributed by atoms with Crippen LogP contribution < -0.4 is 19.7 Å². The first-order valence-corrected chi connectivity index (χ1v) is 19.2. The number of nitrogens with one attached hydrogen (secondary N) is 2. The lowest BCUT2D eigenvalue weighted by molar-refractivity contribution is 0.233. The van der Waals surface area contributed by atoms with E-state index in [0.29, 0.717) is 24.4 Å². The third kappa shape index (κ3) is 7.94. The van der Waals surface area contributed by atoms with Crippen molar-refractivity contribution in [1.82, 2.24) is 14.9 Å². The Morgan fingerprint density at radius 2 is 1.77 bits per heavy atom. The average molecular weight is 587 g/mol. The molecule has 0 spiro atoms. The van der Waals surface area contributed by atoms with Gasteiger partial charge in [0, 0.05) is 27.2 Å². The molecule has 0 radical (unpaired) electrons. The van der Waals surface area contributed by atoms with E-state index in [0.717, 1.165) is 51.5 Å². The SMILES string of the molecule is C[Si](C)(C)CCN1C(O)=CN(c2ccc(CCNC(=O)NC3CCCCC3)cc2OCc2ccccc2)S1(=O)=O. The topological polar surface area (TPSA) is 111 Å². The summed E-state index contributed by atoms with van der Waals surface area (Å²) in [7, 11) is -5.55. The number of aliphatic hydroxyl groups excluding tert-OH is 1. The first-order chi connectivity index (χ1) is 19.0. The third-order valence-corrected chi connectivity index (χ3v) is 10.7. The van der Waals surface area contributed by atoms with E-state index >= 15 is 0 Å². The highest BCUT2D eigenvalue weighted by molar-refractivity contribution is 7.91. The molecule has 2 amide bonds. The largest absolute Gasteiger partial charge is 0.493 e. The van der Waals surface area contributed by atoms with Crippen LogP contribution in [0.15, 0.2) is 60.6 Å². The molecule has 9 nitrogen and oxygen atoms in total. The molecular weight excluding hydrogens is 544 g/mol. The number of nitrogens with zero attached hydrogens (tertiary/aromatic N) is 2. The summed E-state index contributed by atoms with van der Waals surface area (Å²) in [6.45, 7) is 7.40. The molecule has 40 heavy (non-hydrogen) atoms. The quantitative estimate of drug-likeness (QED) is 0.301. The fourth-order valence-corrected chi connectivity index (χ4v) is 7.37. The van der Waals surface area contributed by atoms with Crippen LogP contribution >= 0.6 is 0 Å². The van der Waals surface area contributed by atoms with E-state index in [9.17, 15) is 18.3 Å². The maximum atomic E-state index is 13.5. The van der Waals surface area contributed by atoms with Gasteiger partial charge >= 0.3 is 16.2 Å². The van der Waals surface area contributed by atoms with Gasteiger partial charge in [0.1, 0.15) is 18.0 Å². The van der Waals surface area contributed by atoms with E-state index < -0.39 is 18.3 Å². The number of carbonyl (C=O) groups is 1. The molecule has 11 heteroatoms. The molecule has 2 aromatic carbocycles. The highest BCUT2D eigenvalue weighted by Crippen LogP contribution is 2.37. The van der Waals surface area contributed by atoms with Crippen LogP contribution in [0.1, 0.15) is 43.2 Å². The molecule has 0 atom stereocenters. The van der Waals surface area contributed by atoms with Crippen LogP contribution in [0.4, 0.5) is 10.5 Å². The van der Waals surface area contributed by atoms with Crippen molar-refractivity contribution < 1.29 is 23.1 Å². The fourth-order valence-electron chi connectivity index (χ4n) is 4.87. The second-order valence-corrected chi connectivity index (χ2v) is 19.1. The number of rotatable bonds is 11. The van der Waals surface area contributed by atoms with Crippen LogP contribution in [0.5, 0.6) is 5.75 Å². The minimum Gasteiger partial charge on any atom is -0.493 e. The Labute approximate surface area is 239 Å². The van der Waals surface area contributed by atoms with Crippen molar-refractivity contribution in [3.63, 3.8) is 0 Å². The fraction of sp³-hybridized carbons (Fsp3) is 0.483. The number of ether oxygens (including phenoxy) is 1. The van der Waals surface area contributed by atoms with E-state index in [1.54, 1.807) is 6.07 Å². The van der Waals surface area contributed by atoms with Crippen molar-refractivity contribution in [3.05, 3.63) is 71.7 Å². The Morgan fingerprint density at radius 1 is 1.05 bits per heavy atom. The predicted molar refractivity (Wildman–Crippen MR) is 161 cm³/mol. The molecule has 0 bridgehead atoms. The minimum atomic E-state index is -4.01. The smallest absolute Gasteiger partial charge is 0.332 e. The van der Waals surface area contributed by atoms with Crippen molar-refractivity contribution in [2.45, 2.75) is 76.9 Å². The van der Waals surface area contributed by atoms with Crippen LogP contribution in [-0.2, 0) is 23.2 Å². The van der Waals surface area contributed by atoms with Crippen molar-refractivity contribution in [2.24, 2.45) is 0 Å². The molecule has 1 aliphatic carbocycles. The maximum absolute atomic E-state index is 13.5. The molecule has 3 N–H and O–H groups in total. The Kier molecular flexibility index (Phi) is 9.67. The number of carbonyl (C=O) groups excluding carboxylic acids is 1.